The summed E-state index contributed by atoms with van der Waals surface area (Å²) in [6.45, 7) is 5.80. The van der Waals surface area contributed by atoms with Crippen molar-refractivity contribution in [1.29, 1.82) is 0 Å². The molecule has 1 N–H and O–H groups in total. The minimum absolute atomic E-state index is 0.0378. The number of Topliss-reactive ketones (excluding diaryl/α,β-unsaturated/α-hetero) is 1. The maximum absolute atomic E-state index is 12.2. The predicted molar refractivity (Wildman–Crippen MR) is 107 cm³/mol. The summed E-state index contributed by atoms with van der Waals surface area (Å²) in [5.41, 5.74) is 3.21. The van der Waals surface area contributed by atoms with Crippen molar-refractivity contribution in [2.45, 2.75) is 33.6 Å². The van der Waals surface area contributed by atoms with Crippen LogP contribution in [0.5, 0.6) is 5.75 Å². The van der Waals surface area contributed by atoms with Crippen LogP contribution >= 0.6 is 0 Å². The van der Waals surface area contributed by atoms with Crippen LogP contribution in [0.15, 0.2) is 42.5 Å². The van der Waals surface area contributed by atoms with Crippen molar-refractivity contribution in [3.8, 4) is 5.75 Å². The van der Waals surface area contributed by atoms with Gasteiger partial charge in [-0.1, -0.05) is 24.3 Å². The smallest absolute Gasteiger partial charge is 0.306 e. The Morgan fingerprint density at radius 1 is 0.964 bits per heavy atom. The Hall–Kier alpha value is -3.15. The van der Waals surface area contributed by atoms with Crippen molar-refractivity contribution < 1.29 is 23.9 Å². The van der Waals surface area contributed by atoms with E-state index in [4.69, 9.17) is 9.47 Å². The van der Waals surface area contributed by atoms with Crippen LogP contribution in [0.25, 0.3) is 0 Å². The number of hydrogen-bond donors (Lipinski definition) is 1. The molecule has 2 aromatic carbocycles. The fourth-order valence-corrected chi connectivity index (χ4v) is 2.53. The number of nitrogens with one attached hydrogen (secondary N) is 1. The summed E-state index contributed by atoms with van der Waals surface area (Å²) < 4.78 is 10.4. The molecule has 0 atom stereocenters. The first-order valence-electron chi connectivity index (χ1n) is 9.18. The minimum atomic E-state index is -0.592. The van der Waals surface area contributed by atoms with Gasteiger partial charge in [-0.25, -0.2) is 0 Å². The zero-order valence-electron chi connectivity index (χ0n) is 16.4. The number of carbonyl (C=O) groups excluding carboxylic acids is 3. The Morgan fingerprint density at radius 3 is 2.43 bits per heavy atom. The van der Waals surface area contributed by atoms with Gasteiger partial charge in [0.25, 0.3) is 5.91 Å². The molecule has 0 fully saturated rings. The first-order chi connectivity index (χ1) is 13.4. The average molecular weight is 383 g/mol. The molecule has 2 rings (SSSR count). The highest BCUT2D eigenvalue weighted by atomic mass is 16.5. The summed E-state index contributed by atoms with van der Waals surface area (Å²) in [4.78, 5) is 36.0. The van der Waals surface area contributed by atoms with Crippen molar-refractivity contribution in [3.63, 3.8) is 0 Å². The summed E-state index contributed by atoms with van der Waals surface area (Å²) in [5.74, 6) is -0.648. The van der Waals surface area contributed by atoms with E-state index >= 15 is 0 Å². The topological polar surface area (TPSA) is 81.7 Å². The molecule has 28 heavy (non-hydrogen) atoms. The molecule has 0 aliphatic rings. The van der Waals surface area contributed by atoms with E-state index in [2.05, 4.69) is 5.32 Å². The number of carbonyl (C=O) groups is 3. The molecular formula is C22H25NO5. The molecule has 0 heterocycles. The molecule has 6 heteroatoms. The monoisotopic (exact) mass is 383 g/mol. The highest BCUT2D eigenvalue weighted by Crippen LogP contribution is 2.23. The number of ether oxygens (including phenoxy) is 2. The van der Waals surface area contributed by atoms with E-state index in [-0.39, 0.29) is 18.6 Å². The third kappa shape index (κ3) is 6.23. The minimum Gasteiger partial charge on any atom is -0.492 e. The van der Waals surface area contributed by atoms with Gasteiger partial charge < -0.3 is 14.8 Å². The summed E-state index contributed by atoms with van der Waals surface area (Å²) in [5, 5.41) is 2.64. The van der Waals surface area contributed by atoms with Crippen molar-refractivity contribution in [2.24, 2.45) is 0 Å². The third-order valence-corrected chi connectivity index (χ3v) is 4.21. The van der Waals surface area contributed by atoms with Gasteiger partial charge in [-0.05, 0) is 50.1 Å². The highest BCUT2D eigenvalue weighted by Gasteiger charge is 2.13. The van der Waals surface area contributed by atoms with Gasteiger partial charge in [-0.3, -0.25) is 14.4 Å². The normalized spacial score (nSPS) is 10.2. The molecule has 1 amide bonds. The van der Waals surface area contributed by atoms with Gasteiger partial charge in [0.2, 0.25) is 0 Å². The lowest BCUT2D eigenvalue weighted by atomic mass is 10.0. The number of ketones is 1. The molecule has 148 valence electrons. The SMILES string of the molecule is CCOc1ccccc1NC(=O)COC(=O)CCC(=O)c1ccc(C)c(C)c1. The van der Waals surface area contributed by atoms with Crippen LogP contribution in [0.1, 0.15) is 41.3 Å². The van der Waals surface area contributed by atoms with Gasteiger partial charge in [0.15, 0.2) is 12.4 Å². The van der Waals surface area contributed by atoms with Gasteiger partial charge in [-0.15, -0.1) is 0 Å². The lowest BCUT2D eigenvalue weighted by Crippen LogP contribution is -2.21. The van der Waals surface area contributed by atoms with E-state index in [9.17, 15) is 14.4 Å². The van der Waals surface area contributed by atoms with Crippen molar-refractivity contribution in [2.75, 3.05) is 18.5 Å². The Labute approximate surface area is 164 Å². The van der Waals surface area contributed by atoms with E-state index < -0.39 is 18.5 Å². The van der Waals surface area contributed by atoms with E-state index in [0.717, 1.165) is 11.1 Å². The first kappa shape index (κ1) is 21.2. The summed E-state index contributed by atoms with van der Waals surface area (Å²) in [6, 6.07) is 12.4. The fraction of sp³-hybridized carbons (Fsp3) is 0.318. The van der Waals surface area contributed by atoms with Gasteiger partial charge in [0.05, 0.1) is 18.7 Å². The number of anilines is 1. The second kappa shape index (κ2) is 10.3. The maximum atomic E-state index is 12.2. The number of benzene rings is 2. The average Bonchev–Trinajstić information content (AvgIpc) is 2.68. The summed E-state index contributed by atoms with van der Waals surface area (Å²) in [6.07, 6.45) is -0.0370. The molecule has 0 saturated heterocycles. The van der Waals surface area contributed by atoms with E-state index in [1.165, 1.54) is 0 Å². The Balaban J connectivity index is 1.78. The van der Waals surface area contributed by atoms with Crippen LogP contribution in [0, 0.1) is 13.8 Å². The Morgan fingerprint density at radius 2 is 1.71 bits per heavy atom. The third-order valence-electron chi connectivity index (χ3n) is 4.21. The van der Waals surface area contributed by atoms with E-state index in [0.29, 0.717) is 23.6 Å². The van der Waals surface area contributed by atoms with Crippen LogP contribution < -0.4 is 10.1 Å². The quantitative estimate of drug-likeness (QED) is 0.525. The first-order valence-corrected chi connectivity index (χ1v) is 9.18. The number of rotatable bonds is 9. The van der Waals surface area contributed by atoms with Gasteiger partial charge in [-0.2, -0.15) is 0 Å². The lowest BCUT2D eigenvalue weighted by Gasteiger charge is -2.11. The van der Waals surface area contributed by atoms with Crippen LogP contribution in [-0.2, 0) is 14.3 Å². The van der Waals surface area contributed by atoms with E-state index in [1.54, 1.807) is 30.3 Å². The molecule has 6 nitrogen and oxygen atoms in total. The predicted octanol–water partition coefficient (Wildman–Crippen LogP) is 3.85. The molecule has 0 spiro atoms. The summed E-state index contributed by atoms with van der Waals surface area (Å²) >= 11 is 0. The number of hydrogen-bond acceptors (Lipinski definition) is 5. The van der Waals surface area contributed by atoms with Crippen LogP contribution in [0.3, 0.4) is 0 Å². The second-order valence-corrected chi connectivity index (χ2v) is 6.36. The lowest BCUT2D eigenvalue weighted by molar-refractivity contribution is -0.147. The van der Waals surface area contributed by atoms with Crippen LogP contribution in [0.4, 0.5) is 5.69 Å². The van der Waals surface area contributed by atoms with Crippen LogP contribution in [-0.4, -0.2) is 30.9 Å². The number of aryl methyl sites for hydroxylation is 2. The zero-order chi connectivity index (χ0) is 20.5. The molecule has 0 aromatic heterocycles. The molecule has 0 bridgehead atoms. The maximum Gasteiger partial charge on any atom is 0.306 e. The van der Waals surface area contributed by atoms with Crippen molar-refractivity contribution >= 4 is 23.3 Å². The Kier molecular flexibility index (Phi) is 7.75. The number of amides is 1. The molecule has 0 saturated carbocycles. The zero-order valence-corrected chi connectivity index (χ0v) is 16.4. The summed E-state index contributed by atoms with van der Waals surface area (Å²) in [7, 11) is 0. The number of para-hydroxylation sites is 2. The number of esters is 1. The van der Waals surface area contributed by atoms with Gasteiger partial charge >= 0.3 is 5.97 Å². The van der Waals surface area contributed by atoms with Crippen molar-refractivity contribution in [3.05, 3.63) is 59.2 Å². The van der Waals surface area contributed by atoms with Gasteiger partial charge in [0.1, 0.15) is 5.75 Å². The van der Waals surface area contributed by atoms with E-state index in [1.807, 2.05) is 32.9 Å². The molecule has 0 unspecified atom stereocenters. The standard InChI is InChI=1S/C22H25NO5/c1-4-27-20-8-6-5-7-18(20)23-21(25)14-28-22(26)12-11-19(24)17-10-9-15(2)16(3)13-17/h5-10,13H,4,11-12,14H2,1-3H3,(H,23,25). The fourth-order valence-electron chi connectivity index (χ4n) is 2.53. The molecule has 0 radical (unpaired) electrons. The Bertz CT molecular complexity index is 860. The highest BCUT2D eigenvalue weighted by molar-refractivity contribution is 5.98. The van der Waals surface area contributed by atoms with Gasteiger partial charge in [0, 0.05) is 12.0 Å². The van der Waals surface area contributed by atoms with Crippen LogP contribution in [0.2, 0.25) is 0 Å². The molecular weight excluding hydrogens is 358 g/mol. The second-order valence-electron chi connectivity index (χ2n) is 6.36. The molecule has 2 aromatic rings. The largest absolute Gasteiger partial charge is 0.492 e. The molecule has 0 aliphatic carbocycles. The molecule has 0 aliphatic heterocycles. The van der Waals surface area contributed by atoms with Crippen molar-refractivity contribution in [1.82, 2.24) is 0 Å².